The summed E-state index contributed by atoms with van der Waals surface area (Å²) in [6, 6.07) is 17.1. The molecule has 0 spiro atoms. The van der Waals surface area contributed by atoms with Gasteiger partial charge in [-0.3, -0.25) is 0 Å². The molecule has 0 saturated heterocycles. The standard InChI is InChI=1S/C39H56N2O/c1-3-5-7-8-9-10-12-15-34-30-40-39(41-31-34)37-23-21-35(22-24-37)36-25-27-38(28-26-36)42-29-13-16-33-19-17-32(18-20-33)14-11-6-4-2/h21-28,30-33H,3-20,29H2,1-2H3/t32-,33-. The summed E-state index contributed by atoms with van der Waals surface area (Å²) in [7, 11) is 0. The second-order valence-electron chi connectivity index (χ2n) is 12.8. The van der Waals surface area contributed by atoms with E-state index in [1.165, 1.54) is 119 Å². The van der Waals surface area contributed by atoms with Gasteiger partial charge in [-0.2, -0.15) is 0 Å². The number of aryl methyl sites for hydroxylation is 1. The van der Waals surface area contributed by atoms with Crippen molar-refractivity contribution in [2.24, 2.45) is 11.8 Å². The Kier molecular flexibility index (Phi) is 14.4. The first kappa shape index (κ1) is 32.2. The second kappa shape index (κ2) is 18.8. The van der Waals surface area contributed by atoms with Crippen LogP contribution in [0.2, 0.25) is 0 Å². The predicted molar refractivity (Wildman–Crippen MR) is 179 cm³/mol. The Labute approximate surface area is 256 Å². The van der Waals surface area contributed by atoms with Gasteiger partial charge in [-0.1, -0.05) is 140 Å². The third-order valence-corrected chi connectivity index (χ3v) is 9.31. The highest BCUT2D eigenvalue weighted by Crippen LogP contribution is 2.34. The van der Waals surface area contributed by atoms with E-state index in [9.17, 15) is 0 Å². The van der Waals surface area contributed by atoms with Crippen LogP contribution in [0.4, 0.5) is 0 Å². The lowest BCUT2D eigenvalue weighted by Crippen LogP contribution is -2.15. The molecule has 1 saturated carbocycles. The van der Waals surface area contributed by atoms with Crippen molar-refractivity contribution in [2.75, 3.05) is 6.61 Å². The van der Waals surface area contributed by atoms with Crippen LogP contribution in [0.1, 0.15) is 129 Å². The number of aromatic nitrogens is 2. The molecule has 0 amide bonds. The highest BCUT2D eigenvalue weighted by Gasteiger charge is 2.20. The number of ether oxygens (including phenoxy) is 1. The molecular weight excluding hydrogens is 512 g/mol. The van der Waals surface area contributed by atoms with E-state index in [2.05, 4.69) is 72.3 Å². The van der Waals surface area contributed by atoms with Gasteiger partial charge in [0.15, 0.2) is 5.82 Å². The normalized spacial score (nSPS) is 16.9. The highest BCUT2D eigenvalue weighted by atomic mass is 16.5. The van der Waals surface area contributed by atoms with Crippen LogP contribution in [-0.4, -0.2) is 16.6 Å². The molecule has 0 aliphatic heterocycles. The van der Waals surface area contributed by atoms with Gasteiger partial charge in [0.25, 0.3) is 0 Å². The molecule has 2 aromatic carbocycles. The van der Waals surface area contributed by atoms with Gasteiger partial charge >= 0.3 is 0 Å². The van der Waals surface area contributed by atoms with Gasteiger partial charge in [0.05, 0.1) is 6.61 Å². The quantitative estimate of drug-likeness (QED) is 0.135. The topological polar surface area (TPSA) is 35.0 Å². The van der Waals surface area contributed by atoms with E-state index < -0.39 is 0 Å². The van der Waals surface area contributed by atoms with E-state index in [-0.39, 0.29) is 0 Å². The molecule has 0 radical (unpaired) electrons. The van der Waals surface area contributed by atoms with Crippen molar-refractivity contribution in [3.05, 3.63) is 66.5 Å². The van der Waals surface area contributed by atoms with Gasteiger partial charge in [0, 0.05) is 18.0 Å². The summed E-state index contributed by atoms with van der Waals surface area (Å²) < 4.78 is 6.10. The molecule has 1 aliphatic carbocycles. The fourth-order valence-corrected chi connectivity index (χ4v) is 6.53. The van der Waals surface area contributed by atoms with Crippen LogP contribution in [0, 0.1) is 11.8 Å². The summed E-state index contributed by atoms with van der Waals surface area (Å²) in [5, 5.41) is 0. The molecule has 3 nitrogen and oxygen atoms in total. The lowest BCUT2D eigenvalue weighted by Gasteiger charge is -2.28. The summed E-state index contributed by atoms with van der Waals surface area (Å²) in [5.41, 5.74) is 4.71. The molecule has 1 aromatic heterocycles. The van der Waals surface area contributed by atoms with E-state index in [1.807, 2.05) is 12.4 Å². The predicted octanol–water partition coefficient (Wildman–Crippen LogP) is 11.6. The fraction of sp³-hybridized carbons (Fsp3) is 0.590. The van der Waals surface area contributed by atoms with Crippen LogP contribution in [0.25, 0.3) is 22.5 Å². The molecule has 0 N–H and O–H groups in total. The van der Waals surface area contributed by atoms with Gasteiger partial charge in [-0.25, -0.2) is 9.97 Å². The van der Waals surface area contributed by atoms with E-state index in [0.29, 0.717) is 0 Å². The third-order valence-electron chi connectivity index (χ3n) is 9.31. The molecule has 1 aliphatic rings. The van der Waals surface area contributed by atoms with Gasteiger partial charge in [-0.05, 0) is 66.3 Å². The molecule has 1 heterocycles. The molecule has 1 fully saturated rings. The lowest BCUT2D eigenvalue weighted by molar-refractivity contribution is 0.228. The largest absolute Gasteiger partial charge is 0.494 e. The summed E-state index contributed by atoms with van der Waals surface area (Å²) in [6.45, 7) is 5.40. The van der Waals surface area contributed by atoms with Crippen molar-refractivity contribution in [3.8, 4) is 28.3 Å². The van der Waals surface area contributed by atoms with E-state index in [0.717, 1.165) is 48.4 Å². The number of hydrogen-bond donors (Lipinski definition) is 0. The SMILES string of the molecule is CCCCCCCCCc1cnc(-c2ccc(-c3ccc(OCCC[C@H]4CC[C@H](CCCCC)CC4)cc3)cc2)nc1. The zero-order valence-corrected chi connectivity index (χ0v) is 26.7. The minimum atomic E-state index is 0.800. The molecule has 0 atom stereocenters. The first-order valence-corrected chi connectivity index (χ1v) is 17.4. The smallest absolute Gasteiger partial charge is 0.159 e. The number of benzene rings is 2. The number of nitrogens with zero attached hydrogens (tertiary/aromatic N) is 2. The monoisotopic (exact) mass is 568 g/mol. The van der Waals surface area contributed by atoms with Crippen LogP contribution in [-0.2, 0) is 6.42 Å². The second-order valence-corrected chi connectivity index (χ2v) is 12.8. The molecular formula is C39H56N2O. The maximum Gasteiger partial charge on any atom is 0.159 e. The summed E-state index contributed by atoms with van der Waals surface area (Å²) in [4.78, 5) is 9.31. The van der Waals surface area contributed by atoms with Crippen molar-refractivity contribution >= 4 is 0 Å². The van der Waals surface area contributed by atoms with Gasteiger partial charge in [0.1, 0.15) is 5.75 Å². The fourth-order valence-electron chi connectivity index (χ4n) is 6.53. The van der Waals surface area contributed by atoms with Crippen molar-refractivity contribution in [3.63, 3.8) is 0 Å². The van der Waals surface area contributed by atoms with Crippen LogP contribution in [0.3, 0.4) is 0 Å². The molecule has 4 rings (SSSR count). The summed E-state index contributed by atoms with van der Waals surface area (Å²) in [5.74, 6) is 3.69. The average Bonchev–Trinajstić information content (AvgIpc) is 3.04. The molecule has 42 heavy (non-hydrogen) atoms. The van der Waals surface area contributed by atoms with Crippen LogP contribution >= 0.6 is 0 Å². The Hall–Kier alpha value is -2.68. The van der Waals surface area contributed by atoms with Gasteiger partial charge in [-0.15, -0.1) is 0 Å². The molecule has 0 unspecified atom stereocenters. The van der Waals surface area contributed by atoms with Crippen LogP contribution in [0.15, 0.2) is 60.9 Å². The highest BCUT2D eigenvalue weighted by molar-refractivity contribution is 5.68. The van der Waals surface area contributed by atoms with E-state index in [1.54, 1.807) is 0 Å². The summed E-state index contributed by atoms with van der Waals surface area (Å²) >= 11 is 0. The molecule has 3 heteroatoms. The zero-order chi connectivity index (χ0) is 29.2. The van der Waals surface area contributed by atoms with Gasteiger partial charge < -0.3 is 4.74 Å². The number of hydrogen-bond acceptors (Lipinski definition) is 3. The molecule has 3 aromatic rings. The van der Waals surface area contributed by atoms with Crippen LogP contribution < -0.4 is 4.74 Å². The Bertz CT molecular complexity index is 1100. The van der Waals surface area contributed by atoms with E-state index in [4.69, 9.17) is 4.74 Å². The van der Waals surface area contributed by atoms with Crippen molar-refractivity contribution in [2.45, 2.75) is 129 Å². The molecule has 0 bridgehead atoms. The van der Waals surface area contributed by atoms with E-state index >= 15 is 0 Å². The minimum Gasteiger partial charge on any atom is -0.494 e. The maximum atomic E-state index is 6.10. The number of rotatable bonds is 19. The number of unbranched alkanes of at least 4 members (excludes halogenated alkanes) is 8. The van der Waals surface area contributed by atoms with Crippen molar-refractivity contribution < 1.29 is 4.74 Å². The Balaban J connectivity index is 1.14. The Morgan fingerprint density at radius 3 is 1.69 bits per heavy atom. The first-order chi connectivity index (χ1) is 20.7. The minimum absolute atomic E-state index is 0.800. The maximum absolute atomic E-state index is 6.10. The zero-order valence-electron chi connectivity index (χ0n) is 26.7. The Morgan fingerprint density at radius 2 is 1.07 bits per heavy atom. The third kappa shape index (κ3) is 11.2. The first-order valence-electron chi connectivity index (χ1n) is 17.4. The Morgan fingerprint density at radius 1 is 0.571 bits per heavy atom. The van der Waals surface area contributed by atoms with Crippen molar-refractivity contribution in [1.29, 1.82) is 0 Å². The van der Waals surface area contributed by atoms with Crippen molar-refractivity contribution in [1.82, 2.24) is 9.97 Å². The average molecular weight is 569 g/mol. The molecule has 228 valence electrons. The summed E-state index contributed by atoms with van der Waals surface area (Å²) in [6.07, 6.45) is 28.3. The lowest BCUT2D eigenvalue weighted by atomic mass is 9.78. The van der Waals surface area contributed by atoms with Gasteiger partial charge in [0.2, 0.25) is 0 Å². The van der Waals surface area contributed by atoms with Crippen LogP contribution in [0.5, 0.6) is 5.75 Å².